The molecule has 0 bridgehead atoms. The maximum atomic E-state index is 13.1. The van der Waals surface area contributed by atoms with Gasteiger partial charge in [-0.25, -0.2) is 4.39 Å². The predicted molar refractivity (Wildman–Crippen MR) is 96.8 cm³/mol. The van der Waals surface area contributed by atoms with E-state index in [2.05, 4.69) is 5.32 Å². The first-order valence-corrected chi connectivity index (χ1v) is 8.60. The molecule has 25 heavy (non-hydrogen) atoms. The van der Waals surface area contributed by atoms with Crippen LogP contribution in [0.3, 0.4) is 0 Å². The molecule has 4 nitrogen and oxygen atoms in total. The van der Waals surface area contributed by atoms with Crippen molar-refractivity contribution < 1.29 is 19.0 Å². The lowest BCUT2D eigenvalue weighted by Crippen LogP contribution is -2.20. The standard InChI is InChI=1S/C18H20Cl2FNO3/c19-15-2-4-18(14(9-15)11-22-5-7-24-8-6-23)25-12-13-1-3-16(21)10-17(13)20/h1-4,9-10,22-23H,5-8,11-12H2. The summed E-state index contributed by atoms with van der Waals surface area (Å²) in [5.41, 5.74) is 1.60. The van der Waals surface area contributed by atoms with Crippen LogP contribution in [0.1, 0.15) is 11.1 Å². The number of benzene rings is 2. The van der Waals surface area contributed by atoms with E-state index in [9.17, 15) is 4.39 Å². The summed E-state index contributed by atoms with van der Waals surface area (Å²) in [6.07, 6.45) is 0. The van der Waals surface area contributed by atoms with Crippen LogP contribution in [0, 0.1) is 5.82 Å². The maximum absolute atomic E-state index is 13.1. The Balaban J connectivity index is 1.93. The smallest absolute Gasteiger partial charge is 0.124 e. The van der Waals surface area contributed by atoms with Gasteiger partial charge in [-0.1, -0.05) is 29.3 Å². The highest BCUT2D eigenvalue weighted by Crippen LogP contribution is 2.25. The molecule has 0 amide bonds. The van der Waals surface area contributed by atoms with Crippen LogP contribution in [-0.2, 0) is 17.9 Å². The highest BCUT2D eigenvalue weighted by Gasteiger charge is 2.08. The first kappa shape index (κ1) is 19.9. The number of ether oxygens (including phenoxy) is 2. The van der Waals surface area contributed by atoms with Gasteiger partial charge in [-0.05, 0) is 30.3 Å². The molecule has 0 aliphatic heterocycles. The molecule has 0 unspecified atom stereocenters. The first-order chi connectivity index (χ1) is 12.1. The zero-order valence-electron chi connectivity index (χ0n) is 13.6. The van der Waals surface area contributed by atoms with E-state index in [0.29, 0.717) is 47.7 Å². The van der Waals surface area contributed by atoms with Crippen LogP contribution in [0.25, 0.3) is 0 Å². The fourth-order valence-electron chi connectivity index (χ4n) is 2.16. The first-order valence-electron chi connectivity index (χ1n) is 7.84. The number of rotatable bonds is 10. The second-order valence-corrected chi connectivity index (χ2v) is 6.13. The van der Waals surface area contributed by atoms with Crippen LogP contribution < -0.4 is 10.1 Å². The largest absolute Gasteiger partial charge is 0.489 e. The van der Waals surface area contributed by atoms with Crippen molar-refractivity contribution in [2.24, 2.45) is 0 Å². The van der Waals surface area contributed by atoms with Crippen molar-refractivity contribution in [3.05, 3.63) is 63.4 Å². The van der Waals surface area contributed by atoms with Gasteiger partial charge >= 0.3 is 0 Å². The van der Waals surface area contributed by atoms with Crippen molar-refractivity contribution in [2.45, 2.75) is 13.2 Å². The molecule has 0 atom stereocenters. The summed E-state index contributed by atoms with van der Waals surface area (Å²) in [4.78, 5) is 0. The van der Waals surface area contributed by atoms with E-state index in [0.717, 1.165) is 5.56 Å². The molecule has 2 aromatic carbocycles. The van der Waals surface area contributed by atoms with E-state index in [1.807, 2.05) is 6.07 Å². The molecule has 0 heterocycles. The normalized spacial score (nSPS) is 10.9. The van der Waals surface area contributed by atoms with Gasteiger partial charge < -0.3 is 19.9 Å². The molecule has 0 saturated heterocycles. The molecule has 2 N–H and O–H groups in total. The Bertz CT molecular complexity index is 685. The van der Waals surface area contributed by atoms with E-state index in [-0.39, 0.29) is 19.0 Å². The third-order valence-corrected chi connectivity index (χ3v) is 3.98. The average Bonchev–Trinajstić information content (AvgIpc) is 2.58. The third-order valence-electron chi connectivity index (χ3n) is 3.40. The summed E-state index contributed by atoms with van der Waals surface area (Å²) < 4.78 is 24.1. The summed E-state index contributed by atoms with van der Waals surface area (Å²) in [7, 11) is 0. The van der Waals surface area contributed by atoms with Crippen LogP contribution in [0.15, 0.2) is 36.4 Å². The second kappa shape index (κ2) is 10.6. The lowest BCUT2D eigenvalue weighted by Gasteiger charge is -2.13. The molecule has 2 aromatic rings. The SMILES string of the molecule is OCCOCCNCc1cc(Cl)ccc1OCc1ccc(F)cc1Cl. The van der Waals surface area contributed by atoms with Crippen molar-refractivity contribution >= 4 is 23.2 Å². The monoisotopic (exact) mass is 387 g/mol. The summed E-state index contributed by atoms with van der Waals surface area (Å²) in [6, 6.07) is 9.57. The zero-order chi connectivity index (χ0) is 18.1. The van der Waals surface area contributed by atoms with Gasteiger partial charge in [0.2, 0.25) is 0 Å². The van der Waals surface area contributed by atoms with Crippen LogP contribution in [-0.4, -0.2) is 31.5 Å². The molecule has 0 aromatic heterocycles. The van der Waals surface area contributed by atoms with Crippen molar-refractivity contribution in [2.75, 3.05) is 26.4 Å². The molecule has 0 aliphatic carbocycles. The molecular formula is C18H20Cl2FNO3. The van der Waals surface area contributed by atoms with E-state index in [1.54, 1.807) is 18.2 Å². The molecule has 0 fully saturated rings. The molecular weight excluding hydrogens is 368 g/mol. The highest BCUT2D eigenvalue weighted by molar-refractivity contribution is 6.31. The van der Waals surface area contributed by atoms with Gasteiger partial charge in [-0.2, -0.15) is 0 Å². The quantitative estimate of drug-likeness (QED) is 0.608. The van der Waals surface area contributed by atoms with Gasteiger partial charge in [0.15, 0.2) is 0 Å². The average molecular weight is 388 g/mol. The maximum Gasteiger partial charge on any atom is 0.124 e. The van der Waals surface area contributed by atoms with Gasteiger partial charge in [0.1, 0.15) is 18.2 Å². The molecule has 7 heteroatoms. The van der Waals surface area contributed by atoms with Crippen molar-refractivity contribution in [3.8, 4) is 5.75 Å². The lowest BCUT2D eigenvalue weighted by molar-refractivity contribution is 0.0937. The predicted octanol–water partition coefficient (Wildman–Crippen LogP) is 3.81. The summed E-state index contributed by atoms with van der Waals surface area (Å²) in [5, 5.41) is 12.8. The van der Waals surface area contributed by atoms with Gasteiger partial charge in [-0.15, -0.1) is 0 Å². The Kier molecular flexibility index (Phi) is 8.44. The second-order valence-electron chi connectivity index (χ2n) is 5.29. The Morgan fingerprint density at radius 1 is 1.04 bits per heavy atom. The van der Waals surface area contributed by atoms with Crippen molar-refractivity contribution in [1.82, 2.24) is 5.32 Å². The fraction of sp³-hybridized carbons (Fsp3) is 0.333. The lowest BCUT2D eigenvalue weighted by atomic mass is 10.2. The van der Waals surface area contributed by atoms with E-state index >= 15 is 0 Å². The van der Waals surface area contributed by atoms with Crippen LogP contribution >= 0.6 is 23.2 Å². The fourth-order valence-corrected chi connectivity index (χ4v) is 2.57. The molecule has 0 spiro atoms. The van der Waals surface area contributed by atoms with E-state index in [4.69, 9.17) is 37.8 Å². The van der Waals surface area contributed by atoms with Crippen molar-refractivity contribution in [1.29, 1.82) is 0 Å². The Morgan fingerprint density at radius 3 is 2.64 bits per heavy atom. The van der Waals surface area contributed by atoms with Crippen LogP contribution in [0.4, 0.5) is 4.39 Å². The minimum atomic E-state index is -0.381. The van der Waals surface area contributed by atoms with Crippen LogP contribution in [0.5, 0.6) is 5.75 Å². The zero-order valence-corrected chi connectivity index (χ0v) is 15.1. The summed E-state index contributed by atoms with van der Waals surface area (Å²) >= 11 is 12.1. The van der Waals surface area contributed by atoms with Crippen LogP contribution in [0.2, 0.25) is 10.0 Å². The number of aliphatic hydroxyl groups excluding tert-OH is 1. The minimum Gasteiger partial charge on any atom is -0.489 e. The summed E-state index contributed by atoms with van der Waals surface area (Å²) in [6.45, 7) is 2.25. The van der Waals surface area contributed by atoms with E-state index < -0.39 is 0 Å². The Morgan fingerprint density at radius 2 is 1.88 bits per heavy atom. The number of halogens is 3. The Labute approximate surface area is 156 Å². The minimum absolute atomic E-state index is 0.0121. The number of hydrogen-bond acceptors (Lipinski definition) is 4. The molecule has 0 radical (unpaired) electrons. The topological polar surface area (TPSA) is 50.7 Å². The molecule has 2 rings (SSSR count). The van der Waals surface area contributed by atoms with Gasteiger partial charge in [0, 0.05) is 29.2 Å². The third kappa shape index (κ3) is 6.80. The van der Waals surface area contributed by atoms with Crippen molar-refractivity contribution in [3.63, 3.8) is 0 Å². The molecule has 0 saturated carbocycles. The summed E-state index contributed by atoms with van der Waals surface area (Å²) in [5.74, 6) is 0.294. The number of aliphatic hydroxyl groups is 1. The van der Waals surface area contributed by atoms with Gasteiger partial charge in [0.25, 0.3) is 0 Å². The highest BCUT2D eigenvalue weighted by atomic mass is 35.5. The van der Waals surface area contributed by atoms with Gasteiger partial charge in [0.05, 0.1) is 24.8 Å². The molecule has 0 aliphatic rings. The Hall–Kier alpha value is -1.37. The molecule has 136 valence electrons. The van der Waals surface area contributed by atoms with Gasteiger partial charge in [-0.3, -0.25) is 0 Å². The number of nitrogens with one attached hydrogen (secondary N) is 1. The number of hydrogen-bond donors (Lipinski definition) is 2. The van der Waals surface area contributed by atoms with E-state index in [1.165, 1.54) is 12.1 Å².